The molecule has 9 nitrogen and oxygen atoms in total. The normalized spacial score (nSPS) is 20.9. The molecule has 0 unspecified atom stereocenters. The number of amidine groups is 1. The van der Waals surface area contributed by atoms with Gasteiger partial charge in [-0.3, -0.25) is 20.4 Å². The number of nitrogens with zero attached hydrogens (tertiary/aromatic N) is 2. The monoisotopic (exact) mass is 462 g/mol. The Labute approximate surface area is 193 Å². The highest BCUT2D eigenvalue weighted by Gasteiger charge is 2.47. The molecule has 1 saturated carbocycles. The molecule has 2 aliphatic heterocycles. The van der Waals surface area contributed by atoms with Gasteiger partial charge >= 0.3 is 6.03 Å². The molecule has 10 heteroatoms. The molecule has 0 atom stereocenters. The van der Waals surface area contributed by atoms with Crippen molar-refractivity contribution in [2.45, 2.75) is 38.4 Å². The van der Waals surface area contributed by atoms with E-state index in [2.05, 4.69) is 10.2 Å². The van der Waals surface area contributed by atoms with Gasteiger partial charge < -0.3 is 19.7 Å². The van der Waals surface area contributed by atoms with Gasteiger partial charge in [0, 0.05) is 57.7 Å². The van der Waals surface area contributed by atoms with E-state index in [1.807, 2.05) is 12.4 Å². The van der Waals surface area contributed by atoms with Crippen LogP contribution in [0, 0.1) is 22.6 Å². The molecule has 180 valence electrons. The molecule has 2 saturated heterocycles. The molecule has 4 rings (SSSR count). The van der Waals surface area contributed by atoms with Crippen LogP contribution in [0.5, 0.6) is 0 Å². The van der Waals surface area contributed by atoms with Crippen LogP contribution in [0.25, 0.3) is 0 Å². The highest BCUT2D eigenvalue weighted by Crippen LogP contribution is 2.48. The van der Waals surface area contributed by atoms with E-state index in [-0.39, 0.29) is 36.4 Å². The zero-order valence-electron chi connectivity index (χ0n) is 19.4. The summed E-state index contributed by atoms with van der Waals surface area (Å²) in [5.41, 5.74) is 1.75. The summed E-state index contributed by atoms with van der Waals surface area (Å²) >= 11 is 0. The number of nitrogens with two attached hydrogens (primary N) is 1. The first kappa shape index (κ1) is 23.6. The summed E-state index contributed by atoms with van der Waals surface area (Å²) in [6.45, 7) is 1.72. The second-order valence-electron chi connectivity index (χ2n) is 9.32. The Morgan fingerprint density at radius 1 is 1.24 bits per heavy atom. The maximum Gasteiger partial charge on any atom is 0.329 e. The van der Waals surface area contributed by atoms with Crippen LogP contribution < -0.4 is 15.5 Å². The van der Waals surface area contributed by atoms with Gasteiger partial charge in [-0.25, -0.2) is 9.18 Å². The van der Waals surface area contributed by atoms with Gasteiger partial charge in [-0.05, 0) is 31.7 Å². The molecule has 0 radical (unpaired) electrons. The lowest BCUT2D eigenvalue weighted by Gasteiger charge is -2.55. The Morgan fingerprint density at radius 2 is 1.91 bits per heavy atom. The largest absolute Gasteiger partial charge is 0.368 e. The standard InChI is InChI=1S/C23H32FN5O4/c1-26-17-11-18(16(24)10-15(17)20(25)29-9-6-19(30)27-22(29)31)28-12-23(13-28)7-4-14(5-8-23)21(32-2)33-3/h10-11,14,21,25-26H,4-9,12-13H2,1-3H3,(H,27,30,31)/p+1. The summed E-state index contributed by atoms with van der Waals surface area (Å²) in [4.78, 5) is 26.8. The molecule has 1 aromatic rings. The smallest absolute Gasteiger partial charge is 0.329 e. The molecular formula is C23H33FN5O4+. The average molecular weight is 463 g/mol. The van der Waals surface area contributed by atoms with Gasteiger partial charge in [-0.2, -0.15) is 0 Å². The van der Waals surface area contributed by atoms with Crippen molar-refractivity contribution in [1.82, 2.24) is 10.2 Å². The number of ether oxygens (including phenoxy) is 2. The molecule has 1 aliphatic carbocycles. The van der Waals surface area contributed by atoms with Gasteiger partial charge in [0.25, 0.3) is 0 Å². The zero-order chi connectivity index (χ0) is 23.8. The average Bonchev–Trinajstić information content (AvgIpc) is 2.78. The van der Waals surface area contributed by atoms with Gasteiger partial charge in [0.05, 0.1) is 18.3 Å². The van der Waals surface area contributed by atoms with Crippen molar-refractivity contribution < 1.29 is 28.8 Å². The minimum atomic E-state index is -0.646. The van der Waals surface area contributed by atoms with Crippen molar-refractivity contribution in [1.29, 1.82) is 5.41 Å². The molecule has 33 heavy (non-hydrogen) atoms. The number of hydrogen-bond donors (Lipinski definition) is 3. The van der Waals surface area contributed by atoms with E-state index in [4.69, 9.17) is 14.9 Å². The van der Waals surface area contributed by atoms with E-state index in [9.17, 15) is 9.59 Å². The number of urea groups is 1. The Hall–Kier alpha value is -2.56. The number of anilines is 1. The van der Waals surface area contributed by atoms with E-state index in [0.29, 0.717) is 22.9 Å². The molecule has 4 N–H and O–H groups in total. The van der Waals surface area contributed by atoms with Crippen molar-refractivity contribution in [2.75, 3.05) is 45.8 Å². The third-order valence-electron chi connectivity index (χ3n) is 7.34. The number of quaternary nitrogens is 1. The number of rotatable bonds is 6. The third kappa shape index (κ3) is 4.47. The SMILES string of the molecule is C[NH2+]c1cc(N2CC3(CCC(C(OC)OC)CC3)C2)c(F)cc1C(=N)N1CCC(=O)NC1=O. The van der Waals surface area contributed by atoms with Crippen LogP contribution in [0.4, 0.5) is 20.6 Å². The fraction of sp³-hybridized carbons (Fsp3) is 0.609. The minimum absolute atomic E-state index is 0.109. The van der Waals surface area contributed by atoms with Crippen LogP contribution in [0.1, 0.15) is 37.7 Å². The van der Waals surface area contributed by atoms with E-state index in [1.165, 1.54) is 11.0 Å². The number of hydrogen-bond acceptors (Lipinski definition) is 6. The number of methoxy groups -OCH3 is 2. The van der Waals surface area contributed by atoms with Gasteiger partial charge in [-0.1, -0.05) is 0 Å². The first-order valence-corrected chi connectivity index (χ1v) is 11.4. The lowest BCUT2D eigenvalue weighted by atomic mass is 9.65. The minimum Gasteiger partial charge on any atom is -0.368 e. The summed E-state index contributed by atoms with van der Waals surface area (Å²) in [6.07, 6.45) is 4.16. The van der Waals surface area contributed by atoms with Crippen LogP contribution in [-0.2, 0) is 14.3 Å². The lowest BCUT2D eigenvalue weighted by Crippen LogP contribution is -2.73. The van der Waals surface area contributed by atoms with Gasteiger partial charge in [0.1, 0.15) is 17.3 Å². The summed E-state index contributed by atoms with van der Waals surface area (Å²) < 4.78 is 26.0. The van der Waals surface area contributed by atoms with Gasteiger partial charge in [-0.15, -0.1) is 0 Å². The number of amides is 3. The van der Waals surface area contributed by atoms with E-state index in [0.717, 1.165) is 38.8 Å². The maximum absolute atomic E-state index is 15.2. The third-order valence-corrected chi connectivity index (χ3v) is 7.34. The van der Waals surface area contributed by atoms with Crippen molar-refractivity contribution in [3.05, 3.63) is 23.5 Å². The predicted molar refractivity (Wildman–Crippen MR) is 120 cm³/mol. The summed E-state index contributed by atoms with van der Waals surface area (Å²) in [6, 6.07) is 2.45. The summed E-state index contributed by atoms with van der Waals surface area (Å²) in [7, 11) is 5.18. The first-order chi connectivity index (χ1) is 15.8. The predicted octanol–water partition coefficient (Wildman–Crippen LogP) is 1.53. The molecule has 3 fully saturated rings. The van der Waals surface area contributed by atoms with E-state index < -0.39 is 11.8 Å². The zero-order valence-corrected chi connectivity index (χ0v) is 19.4. The van der Waals surface area contributed by atoms with E-state index in [1.54, 1.807) is 20.3 Å². The Bertz CT molecular complexity index is 935. The quantitative estimate of drug-likeness (QED) is 0.257. The fourth-order valence-electron chi connectivity index (χ4n) is 5.44. The molecule has 3 aliphatic rings. The number of carbonyl (C=O) groups is 2. The number of halogens is 1. The number of nitrogens with one attached hydrogen (secondary N) is 2. The number of imide groups is 1. The van der Waals surface area contributed by atoms with Crippen LogP contribution >= 0.6 is 0 Å². The highest BCUT2D eigenvalue weighted by molar-refractivity contribution is 6.12. The summed E-state index contributed by atoms with van der Waals surface area (Å²) in [5.74, 6) is -0.488. The van der Waals surface area contributed by atoms with E-state index >= 15 is 4.39 Å². The van der Waals surface area contributed by atoms with Crippen LogP contribution in [-0.4, -0.2) is 69.9 Å². The van der Waals surface area contributed by atoms with Gasteiger partial charge in [0.15, 0.2) is 6.29 Å². The highest BCUT2D eigenvalue weighted by atomic mass is 19.1. The van der Waals surface area contributed by atoms with Crippen molar-refractivity contribution in [2.24, 2.45) is 11.3 Å². The second kappa shape index (κ2) is 9.36. The topological polar surface area (TPSA) is 112 Å². The van der Waals surface area contributed by atoms with Crippen LogP contribution in [0.3, 0.4) is 0 Å². The second-order valence-corrected chi connectivity index (χ2v) is 9.32. The molecule has 0 aromatic heterocycles. The molecule has 2 heterocycles. The van der Waals surface area contributed by atoms with Crippen molar-refractivity contribution in [3.63, 3.8) is 0 Å². The maximum atomic E-state index is 15.2. The molecule has 1 aromatic carbocycles. The van der Waals surface area contributed by atoms with Crippen molar-refractivity contribution >= 4 is 29.1 Å². The first-order valence-electron chi connectivity index (χ1n) is 11.4. The number of benzene rings is 1. The fourth-order valence-corrected chi connectivity index (χ4v) is 5.44. The van der Waals surface area contributed by atoms with Crippen molar-refractivity contribution in [3.8, 4) is 0 Å². The van der Waals surface area contributed by atoms with Gasteiger partial charge in [0.2, 0.25) is 5.91 Å². The Kier molecular flexibility index (Phi) is 6.69. The Balaban J connectivity index is 1.45. The lowest BCUT2D eigenvalue weighted by molar-refractivity contribution is -0.539. The number of carbonyl (C=O) groups excluding carboxylic acids is 2. The van der Waals surface area contributed by atoms with Crippen LogP contribution in [0.15, 0.2) is 12.1 Å². The Morgan fingerprint density at radius 3 is 2.48 bits per heavy atom. The molecular weight excluding hydrogens is 429 g/mol. The molecule has 0 bridgehead atoms. The summed E-state index contributed by atoms with van der Waals surface area (Å²) in [5, 5.41) is 12.5. The molecule has 1 spiro atoms. The van der Waals surface area contributed by atoms with Crippen LogP contribution in [0.2, 0.25) is 0 Å². The molecule has 3 amide bonds.